The van der Waals surface area contributed by atoms with Crippen molar-refractivity contribution >= 4 is 38.4 Å². The van der Waals surface area contributed by atoms with Gasteiger partial charge in [-0.25, -0.2) is 12.8 Å². The minimum Gasteiger partial charge on any atom is -0.315 e. The fourth-order valence-electron chi connectivity index (χ4n) is 2.97. The third-order valence-corrected chi connectivity index (χ3v) is 7.39. The van der Waals surface area contributed by atoms with Crippen molar-refractivity contribution < 1.29 is 17.6 Å². The predicted octanol–water partition coefficient (Wildman–Crippen LogP) is 2.54. The zero-order valence-corrected chi connectivity index (χ0v) is 15.2. The van der Waals surface area contributed by atoms with Crippen LogP contribution in [-0.4, -0.2) is 42.3 Å². The van der Waals surface area contributed by atoms with E-state index in [1.807, 2.05) is 6.92 Å². The van der Waals surface area contributed by atoms with Crippen molar-refractivity contribution in [1.29, 1.82) is 0 Å². The number of fused-ring (bicyclic) bond motifs is 1. The first-order valence-corrected chi connectivity index (χ1v) is 10.5. The topological polar surface area (TPSA) is 66.8 Å². The Balaban J connectivity index is 2.01. The lowest BCUT2D eigenvalue weighted by molar-refractivity contribution is -0.117. The summed E-state index contributed by atoms with van der Waals surface area (Å²) in [6.07, 6.45) is 1.04. The molecule has 2 atom stereocenters. The molecule has 2 unspecified atom stereocenters. The number of aryl methyl sites for hydroxylation is 1. The number of thioether (sulfide) groups is 1. The fraction of sp³-hybridized carbons (Fsp3) is 0.500. The Kier molecular flexibility index (Phi) is 4.70. The second-order valence-corrected chi connectivity index (χ2v) is 9.50. The van der Waals surface area contributed by atoms with E-state index in [-0.39, 0.29) is 34.5 Å². The van der Waals surface area contributed by atoms with E-state index in [1.165, 1.54) is 17.8 Å². The Bertz CT molecular complexity index is 808. The Hall–Kier alpha value is -1.41. The number of amidine groups is 1. The first-order chi connectivity index (χ1) is 11.3. The molecule has 2 aliphatic heterocycles. The molecule has 1 aromatic rings. The second-order valence-electron chi connectivity index (χ2n) is 6.14. The predicted molar refractivity (Wildman–Crippen MR) is 94.8 cm³/mol. The molecule has 2 aliphatic rings. The summed E-state index contributed by atoms with van der Waals surface area (Å²) in [5.41, 5.74) is 1.06. The van der Waals surface area contributed by atoms with Crippen molar-refractivity contribution in [3.05, 3.63) is 29.6 Å². The monoisotopic (exact) mass is 370 g/mol. The lowest BCUT2D eigenvalue weighted by atomic mass is 10.1. The average molecular weight is 370 g/mol. The number of sulfone groups is 1. The van der Waals surface area contributed by atoms with Crippen LogP contribution in [0.5, 0.6) is 0 Å². The molecule has 0 bridgehead atoms. The van der Waals surface area contributed by atoms with Gasteiger partial charge in [-0.15, -0.1) is 0 Å². The van der Waals surface area contributed by atoms with E-state index in [0.29, 0.717) is 29.3 Å². The minimum absolute atomic E-state index is 0.00114. The molecule has 3 rings (SSSR count). The van der Waals surface area contributed by atoms with Gasteiger partial charge in [0.15, 0.2) is 15.0 Å². The normalized spacial score (nSPS) is 26.8. The van der Waals surface area contributed by atoms with E-state index < -0.39 is 9.84 Å². The maximum atomic E-state index is 14.0. The Labute approximate surface area is 145 Å². The molecular formula is C16H19FN2O3S2. The van der Waals surface area contributed by atoms with Crippen LogP contribution in [-0.2, 0) is 14.6 Å². The molecule has 2 heterocycles. The van der Waals surface area contributed by atoms with Gasteiger partial charge in [0.2, 0.25) is 5.91 Å². The lowest BCUT2D eigenvalue weighted by Gasteiger charge is -2.24. The largest absolute Gasteiger partial charge is 0.315 e. The van der Waals surface area contributed by atoms with Crippen molar-refractivity contribution in [1.82, 2.24) is 0 Å². The van der Waals surface area contributed by atoms with Crippen LogP contribution in [0.25, 0.3) is 0 Å². The van der Waals surface area contributed by atoms with Gasteiger partial charge in [-0.2, -0.15) is 4.99 Å². The number of rotatable bonds is 3. The van der Waals surface area contributed by atoms with Crippen LogP contribution < -0.4 is 4.90 Å². The number of nitrogens with zero attached hydrogens (tertiary/aromatic N) is 2. The molecule has 1 aromatic carbocycles. The maximum absolute atomic E-state index is 14.0. The summed E-state index contributed by atoms with van der Waals surface area (Å²) in [5.74, 6) is -0.531. The highest BCUT2D eigenvalue weighted by molar-refractivity contribution is 8.16. The molecule has 2 fully saturated rings. The number of halogens is 1. The van der Waals surface area contributed by atoms with Gasteiger partial charge in [0, 0.05) is 17.4 Å². The van der Waals surface area contributed by atoms with Gasteiger partial charge < -0.3 is 4.90 Å². The van der Waals surface area contributed by atoms with Crippen molar-refractivity contribution in [3.8, 4) is 0 Å². The van der Waals surface area contributed by atoms with Gasteiger partial charge >= 0.3 is 0 Å². The summed E-state index contributed by atoms with van der Waals surface area (Å²) in [6.45, 7) is 3.56. The van der Waals surface area contributed by atoms with E-state index in [1.54, 1.807) is 24.0 Å². The zero-order valence-electron chi connectivity index (χ0n) is 13.5. The number of anilines is 1. The van der Waals surface area contributed by atoms with Crippen LogP contribution in [0.15, 0.2) is 23.2 Å². The molecule has 0 N–H and O–H groups in total. The molecule has 1 amide bonds. The molecule has 8 heteroatoms. The molecule has 2 saturated heterocycles. The Morgan fingerprint density at radius 1 is 1.42 bits per heavy atom. The number of benzene rings is 1. The van der Waals surface area contributed by atoms with Crippen LogP contribution in [0, 0.1) is 12.7 Å². The van der Waals surface area contributed by atoms with Crippen LogP contribution >= 0.6 is 11.8 Å². The van der Waals surface area contributed by atoms with Gasteiger partial charge in [-0.05, 0) is 31.0 Å². The summed E-state index contributed by atoms with van der Waals surface area (Å²) in [7, 11) is -3.12. The number of amides is 1. The van der Waals surface area contributed by atoms with E-state index in [2.05, 4.69) is 4.99 Å². The zero-order chi connectivity index (χ0) is 17.5. The highest BCUT2D eigenvalue weighted by Gasteiger charge is 2.49. The molecule has 5 nitrogen and oxygen atoms in total. The number of carbonyl (C=O) groups is 1. The number of aliphatic imine (C=N–C) groups is 1. The number of hydrogen-bond donors (Lipinski definition) is 0. The SMILES string of the molecule is CCCC(=O)N=C1SC2CS(=O)(=O)CC2N1c1ccc(C)c(F)c1. The quantitative estimate of drug-likeness (QED) is 0.818. The lowest BCUT2D eigenvalue weighted by Crippen LogP contribution is -2.37. The molecule has 0 spiro atoms. The first kappa shape index (κ1) is 17.4. The van der Waals surface area contributed by atoms with Crippen LogP contribution in [0.2, 0.25) is 0 Å². The van der Waals surface area contributed by atoms with E-state index >= 15 is 0 Å². The van der Waals surface area contributed by atoms with E-state index in [9.17, 15) is 17.6 Å². The summed E-state index contributed by atoms with van der Waals surface area (Å²) in [4.78, 5) is 17.8. The minimum atomic E-state index is -3.12. The van der Waals surface area contributed by atoms with Crippen molar-refractivity contribution in [2.45, 2.75) is 38.0 Å². The van der Waals surface area contributed by atoms with Gasteiger partial charge in [0.1, 0.15) is 5.82 Å². The van der Waals surface area contributed by atoms with Crippen molar-refractivity contribution in [2.24, 2.45) is 4.99 Å². The van der Waals surface area contributed by atoms with Gasteiger partial charge in [-0.3, -0.25) is 4.79 Å². The molecule has 130 valence electrons. The summed E-state index contributed by atoms with van der Waals surface area (Å²) >= 11 is 1.30. The van der Waals surface area contributed by atoms with Crippen LogP contribution in [0.1, 0.15) is 25.3 Å². The summed E-state index contributed by atoms with van der Waals surface area (Å²) < 4.78 is 37.9. The van der Waals surface area contributed by atoms with Crippen molar-refractivity contribution in [2.75, 3.05) is 16.4 Å². The third-order valence-electron chi connectivity index (χ3n) is 4.18. The highest BCUT2D eigenvalue weighted by atomic mass is 32.2. The fourth-order valence-corrected chi connectivity index (χ4v) is 6.91. The molecule has 0 radical (unpaired) electrons. The summed E-state index contributed by atoms with van der Waals surface area (Å²) in [6, 6.07) is 4.46. The number of hydrogen-bond acceptors (Lipinski definition) is 4. The third kappa shape index (κ3) is 3.35. The molecular weight excluding hydrogens is 351 g/mol. The first-order valence-electron chi connectivity index (χ1n) is 7.84. The summed E-state index contributed by atoms with van der Waals surface area (Å²) in [5, 5.41) is 0.300. The number of carbonyl (C=O) groups excluding carboxylic acids is 1. The highest BCUT2D eigenvalue weighted by Crippen LogP contribution is 2.41. The molecule has 0 saturated carbocycles. The molecule has 0 aromatic heterocycles. The van der Waals surface area contributed by atoms with E-state index in [4.69, 9.17) is 0 Å². The van der Waals surface area contributed by atoms with Gasteiger partial charge in [0.05, 0.1) is 17.5 Å². The van der Waals surface area contributed by atoms with E-state index in [0.717, 1.165) is 0 Å². The van der Waals surface area contributed by atoms with Crippen LogP contribution in [0.3, 0.4) is 0 Å². The second kappa shape index (κ2) is 6.48. The molecule has 0 aliphatic carbocycles. The van der Waals surface area contributed by atoms with Gasteiger partial charge in [0.25, 0.3) is 0 Å². The van der Waals surface area contributed by atoms with Crippen molar-refractivity contribution in [3.63, 3.8) is 0 Å². The standard InChI is InChI=1S/C16H19FN2O3S2/c1-3-4-15(20)18-16-19(11-6-5-10(2)12(17)7-11)13-8-24(21,22)9-14(13)23-16/h5-7,13-14H,3-4,8-9H2,1-2H3. The smallest absolute Gasteiger partial charge is 0.248 e. The maximum Gasteiger partial charge on any atom is 0.248 e. The average Bonchev–Trinajstić information content (AvgIpc) is 2.93. The Morgan fingerprint density at radius 2 is 2.17 bits per heavy atom. The van der Waals surface area contributed by atoms with Gasteiger partial charge in [-0.1, -0.05) is 24.8 Å². The van der Waals surface area contributed by atoms with Crippen LogP contribution in [0.4, 0.5) is 10.1 Å². The Morgan fingerprint density at radius 3 is 2.83 bits per heavy atom. The molecule has 24 heavy (non-hydrogen) atoms.